The number of benzene rings is 1. The second-order valence-corrected chi connectivity index (χ2v) is 5.30. The van der Waals surface area contributed by atoms with Gasteiger partial charge in [-0.05, 0) is 37.6 Å². The van der Waals surface area contributed by atoms with Gasteiger partial charge in [0.25, 0.3) is 0 Å². The van der Waals surface area contributed by atoms with Crippen molar-refractivity contribution in [2.24, 2.45) is 0 Å². The number of rotatable bonds is 2. The quantitative estimate of drug-likeness (QED) is 0.830. The Hall–Kier alpha value is -0.350. The Morgan fingerprint density at radius 1 is 1.50 bits per heavy atom. The first-order valence-corrected chi connectivity index (χ1v) is 5.92. The zero-order chi connectivity index (χ0) is 10.7. The Kier molecular flexibility index (Phi) is 4.13. The summed E-state index contributed by atoms with van der Waals surface area (Å²) in [6.07, 6.45) is 0. The number of aryl methyl sites for hydroxylation is 1. The molecule has 1 atom stereocenters. The topological polar surface area (TPSA) is 29.1 Å². The molecule has 0 heterocycles. The minimum absolute atomic E-state index is 0.0354. The Labute approximate surface area is 100 Å². The van der Waals surface area contributed by atoms with E-state index in [2.05, 4.69) is 37.2 Å². The van der Waals surface area contributed by atoms with E-state index in [1.54, 1.807) is 6.92 Å². The number of anilines is 1. The van der Waals surface area contributed by atoms with Crippen molar-refractivity contribution in [3.8, 4) is 0 Å². The molecule has 0 aliphatic carbocycles. The number of nitrogens with one attached hydrogen (secondary N) is 1. The van der Waals surface area contributed by atoms with Crippen LogP contribution in [0.15, 0.2) is 22.7 Å². The van der Waals surface area contributed by atoms with Crippen LogP contribution in [0.3, 0.4) is 0 Å². The van der Waals surface area contributed by atoms with E-state index < -0.39 is 0 Å². The van der Waals surface area contributed by atoms with E-state index in [-0.39, 0.29) is 10.7 Å². The van der Waals surface area contributed by atoms with Crippen LogP contribution in [0.5, 0.6) is 0 Å². The summed E-state index contributed by atoms with van der Waals surface area (Å²) in [6, 6.07) is 5.71. The van der Waals surface area contributed by atoms with Crippen molar-refractivity contribution in [3.63, 3.8) is 0 Å². The molecule has 0 radical (unpaired) electrons. The lowest BCUT2D eigenvalue weighted by atomic mass is 10.2. The zero-order valence-corrected chi connectivity index (χ0v) is 11.1. The van der Waals surface area contributed by atoms with Gasteiger partial charge in [-0.1, -0.05) is 31.9 Å². The molecule has 1 rings (SSSR count). The molecule has 1 unspecified atom stereocenters. The van der Waals surface area contributed by atoms with Gasteiger partial charge in [0, 0.05) is 10.2 Å². The lowest BCUT2D eigenvalue weighted by molar-refractivity contribution is -0.115. The van der Waals surface area contributed by atoms with Crippen LogP contribution in [0.1, 0.15) is 12.5 Å². The number of amides is 1. The molecule has 76 valence electrons. The third-order valence-electron chi connectivity index (χ3n) is 1.79. The van der Waals surface area contributed by atoms with Gasteiger partial charge < -0.3 is 5.32 Å². The molecule has 0 aromatic heterocycles. The Balaban J connectivity index is 2.78. The summed E-state index contributed by atoms with van der Waals surface area (Å²) in [6.45, 7) is 3.78. The fourth-order valence-electron chi connectivity index (χ4n) is 0.964. The predicted octanol–water partition coefficient (Wildman–Crippen LogP) is 3.48. The van der Waals surface area contributed by atoms with Gasteiger partial charge in [-0.3, -0.25) is 4.79 Å². The number of halogens is 2. The maximum atomic E-state index is 11.3. The van der Waals surface area contributed by atoms with E-state index in [0.717, 1.165) is 15.7 Å². The maximum absolute atomic E-state index is 11.3. The van der Waals surface area contributed by atoms with Crippen molar-refractivity contribution in [2.45, 2.75) is 18.7 Å². The number of carbonyl (C=O) groups is 1. The summed E-state index contributed by atoms with van der Waals surface area (Å²) >= 11 is 6.61. The van der Waals surface area contributed by atoms with Crippen LogP contribution in [0.4, 0.5) is 5.69 Å². The summed E-state index contributed by atoms with van der Waals surface area (Å²) in [7, 11) is 0. The van der Waals surface area contributed by atoms with Crippen molar-refractivity contribution in [3.05, 3.63) is 28.2 Å². The summed E-state index contributed by atoms with van der Waals surface area (Å²) < 4.78 is 1.04. The molecule has 0 aliphatic heterocycles. The first kappa shape index (κ1) is 11.7. The second kappa shape index (κ2) is 4.94. The van der Waals surface area contributed by atoms with Crippen molar-refractivity contribution in [2.75, 3.05) is 5.32 Å². The lowest BCUT2D eigenvalue weighted by Crippen LogP contribution is -2.19. The van der Waals surface area contributed by atoms with E-state index in [4.69, 9.17) is 0 Å². The fourth-order valence-corrected chi connectivity index (χ4v) is 1.33. The molecule has 0 saturated heterocycles. The minimum atomic E-state index is -0.175. The van der Waals surface area contributed by atoms with E-state index in [1.807, 2.05) is 25.1 Å². The summed E-state index contributed by atoms with van der Waals surface area (Å²) in [5.74, 6) is -0.0354. The second-order valence-electron chi connectivity index (χ2n) is 3.07. The lowest BCUT2D eigenvalue weighted by Gasteiger charge is -2.07. The molecule has 1 aromatic carbocycles. The largest absolute Gasteiger partial charge is 0.325 e. The Morgan fingerprint density at radius 2 is 2.14 bits per heavy atom. The van der Waals surface area contributed by atoms with Gasteiger partial charge in [-0.25, -0.2) is 0 Å². The first-order valence-electron chi connectivity index (χ1n) is 4.22. The smallest absolute Gasteiger partial charge is 0.237 e. The minimum Gasteiger partial charge on any atom is -0.325 e. The maximum Gasteiger partial charge on any atom is 0.237 e. The molecular weight excluding hydrogens is 310 g/mol. The third kappa shape index (κ3) is 3.10. The van der Waals surface area contributed by atoms with E-state index in [9.17, 15) is 4.79 Å². The highest BCUT2D eigenvalue weighted by molar-refractivity contribution is 9.10. The third-order valence-corrected chi connectivity index (χ3v) is 3.09. The van der Waals surface area contributed by atoms with Crippen LogP contribution >= 0.6 is 31.9 Å². The van der Waals surface area contributed by atoms with Gasteiger partial charge in [-0.2, -0.15) is 0 Å². The van der Waals surface area contributed by atoms with E-state index >= 15 is 0 Å². The van der Waals surface area contributed by atoms with Crippen LogP contribution in [-0.4, -0.2) is 10.7 Å². The van der Waals surface area contributed by atoms with Crippen LogP contribution in [0.25, 0.3) is 0 Å². The normalized spacial score (nSPS) is 12.3. The Morgan fingerprint density at radius 3 is 2.64 bits per heavy atom. The first-order chi connectivity index (χ1) is 6.50. The molecule has 1 amide bonds. The fraction of sp³-hybridized carbons (Fsp3) is 0.300. The van der Waals surface area contributed by atoms with Gasteiger partial charge in [0.15, 0.2) is 0 Å². The zero-order valence-electron chi connectivity index (χ0n) is 7.97. The number of hydrogen-bond donors (Lipinski definition) is 1. The van der Waals surface area contributed by atoms with Gasteiger partial charge in [0.1, 0.15) is 0 Å². The van der Waals surface area contributed by atoms with Crippen molar-refractivity contribution >= 4 is 43.5 Å². The average molecular weight is 321 g/mol. The monoisotopic (exact) mass is 319 g/mol. The predicted molar refractivity (Wildman–Crippen MR) is 65.9 cm³/mol. The molecule has 0 bridgehead atoms. The molecule has 4 heteroatoms. The molecule has 0 spiro atoms. The standard InChI is InChI=1S/C10H11Br2NO/c1-6-5-8(3-4-9(6)12)13-10(14)7(2)11/h3-5,7H,1-2H3,(H,13,14). The molecule has 0 saturated carbocycles. The molecular formula is C10H11Br2NO. The highest BCUT2D eigenvalue weighted by Gasteiger charge is 2.08. The van der Waals surface area contributed by atoms with E-state index in [0.29, 0.717) is 0 Å². The van der Waals surface area contributed by atoms with Crippen molar-refractivity contribution < 1.29 is 4.79 Å². The molecule has 1 aromatic rings. The SMILES string of the molecule is Cc1cc(NC(=O)C(C)Br)ccc1Br. The van der Waals surface area contributed by atoms with Crippen molar-refractivity contribution in [1.82, 2.24) is 0 Å². The van der Waals surface area contributed by atoms with Gasteiger partial charge >= 0.3 is 0 Å². The van der Waals surface area contributed by atoms with Crippen molar-refractivity contribution in [1.29, 1.82) is 0 Å². The molecule has 0 aliphatic rings. The van der Waals surface area contributed by atoms with Crippen LogP contribution in [0.2, 0.25) is 0 Å². The molecule has 14 heavy (non-hydrogen) atoms. The van der Waals surface area contributed by atoms with Crippen LogP contribution in [0, 0.1) is 6.92 Å². The molecule has 1 N–H and O–H groups in total. The van der Waals surface area contributed by atoms with Gasteiger partial charge in [0.05, 0.1) is 4.83 Å². The van der Waals surface area contributed by atoms with Gasteiger partial charge in [0.2, 0.25) is 5.91 Å². The summed E-state index contributed by atoms with van der Waals surface area (Å²) in [5.41, 5.74) is 1.92. The molecule has 0 fully saturated rings. The number of hydrogen-bond acceptors (Lipinski definition) is 1. The van der Waals surface area contributed by atoms with E-state index in [1.165, 1.54) is 0 Å². The molecule has 2 nitrogen and oxygen atoms in total. The Bertz CT molecular complexity index is 350. The summed E-state index contributed by atoms with van der Waals surface area (Å²) in [4.78, 5) is 11.2. The highest BCUT2D eigenvalue weighted by Crippen LogP contribution is 2.20. The highest BCUT2D eigenvalue weighted by atomic mass is 79.9. The number of carbonyl (C=O) groups excluding carboxylic acids is 1. The summed E-state index contributed by atoms with van der Waals surface area (Å²) in [5, 5.41) is 2.80. The van der Waals surface area contributed by atoms with Gasteiger partial charge in [-0.15, -0.1) is 0 Å². The van der Waals surface area contributed by atoms with Crippen LogP contribution < -0.4 is 5.32 Å². The van der Waals surface area contributed by atoms with Crippen LogP contribution in [-0.2, 0) is 4.79 Å². The number of alkyl halides is 1. The average Bonchev–Trinajstić information content (AvgIpc) is 2.11.